The second-order valence-corrected chi connectivity index (χ2v) is 5.74. The number of nitrogens with one attached hydrogen (secondary N) is 1. The SMILES string of the molecule is CC(=O)Nc1nc(C(=O)N(CCO)C2CCCC2)cs1. The zero-order chi connectivity index (χ0) is 14.5. The predicted molar refractivity (Wildman–Crippen MR) is 76.8 cm³/mol. The van der Waals surface area contributed by atoms with Crippen molar-refractivity contribution in [1.82, 2.24) is 9.88 Å². The third-order valence-electron chi connectivity index (χ3n) is 3.37. The molecule has 1 saturated carbocycles. The van der Waals surface area contributed by atoms with Gasteiger partial charge in [-0.05, 0) is 12.8 Å². The fourth-order valence-corrected chi connectivity index (χ4v) is 3.23. The van der Waals surface area contributed by atoms with E-state index in [1.165, 1.54) is 18.3 Å². The van der Waals surface area contributed by atoms with E-state index in [0.717, 1.165) is 25.7 Å². The molecule has 2 N–H and O–H groups in total. The minimum atomic E-state index is -0.207. The van der Waals surface area contributed by atoms with Crippen LogP contribution in [0.1, 0.15) is 43.1 Å². The average molecular weight is 297 g/mol. The van der Waals surface area contributed by atoms with E-state index < -0.39 is 0 Å². The van der Waals surface area contributed by atoms with Crippen molar-refractivity contribution in [3.63, 3.8) is 0 Å². The lowest BCUT2D eigenvalue weighted by Crippen LogP contribution is -2.40. The molecule has 0 radical (unpaired) electrons. The molecule has 1 aliphatic rings. The van der Waals surface area contributed by atoms with Crippen LogP contribution in [0, 0.1) is 0 Å². The van der Waals surface area contributed by atoms with E-state index in [9.17, 15) is 9.59 Å². The maximum absolute atomic E-state index is 12.5. The Morgan fingerprint density at radius 1 is 1.50 bits per heavy atom. The number of anilines is 1. The van der Waals surface area contributed by atoms with Crippen molar-refractivity contribution in [2.45, 2.75) is 38.6 Å². The Hall–Kier alpha value is -1.47. The summed E-state index contributed by atoms with van der Waals surface area (Å²) in [6, 6.07) is 0.195. The van der Waals surface area contributed by atoms with Crippen molar-refractivity contribution < 1.29 is 14.7 Å². The lowest BCUT2D eigenvalue weighted by molar-refractivity contribution is -0.114. The smallest absolute Gasteiger partial charge is 0.273 e. The summed E-state index contributed by atoms with van der Waals surface area (Å²) >= 11 is 1.23. The van der Waals surface area contributed by atoms with Gasteiger partial charge in [-0.15, -0.1) is 11.3 Å². The Kier molecular flexibility index (Phi) is 5.08. The molecule has 1 heterocycles. The van der Waals surface area contributed by atoms with Gasteiger partial charge in [0.15, 0.2) is 5.13 Å². The highest BCUT2D eigenvalue weighted by atomic mass is 32.1. The first-order valence-electron chi connectivity index (χ1n) is 6.76. The Balaban J connectivity index is 2.09. The third kappa shape index (κ3) is 3.55. The van der Waals surface area contributed by atoms with Gasteiger partial charge in [-0.1, -0.05) is 12.8 Å². The number of aliphatic hydroxyl groups is 1. The van der Waals surface area contributed by atoms with Crippen LogP contribution in [-0.2, 0) is 4.79 Å². The number of hydrogen-bond donors (Lipinski definition) is 2. The van der Waals surface area contributed by atoms with Gasteiger partial charge in [-0.3, -0.25) is 9.59 Å². The van der Waals surface area contributed by atoms with Crippen LogP contribution in [0.25, 0.3) is 0 Å². The van der Waals surface area contributed by atoms with E-state index in [2.05, 4.69) is 10.3 Å². The maximum atomic E-state index is 12.5. The number of aliphatic hydroxyl groups excluding tert-OH is 1. The second-order valence-electron chi connectivity index (χ2n) is 4.88. The van der Waals surface area contributed by atoms with E-state index in [1.54, 1.807) is 10.3 Å². The van der Waals surface area contributed by atoms with E-state index in [-0.39, 0.29) is 24.5 Å². The Morgan fingerprint density at radius 2 is 2.20 bits per heavy atom. The lowest BCUT2D eigenvalue weighted by Gasteiger charge is -2.27. The molecule has 2 amide bonds. The van der Waals surface area contributed by atoms with Crippen LogP contribution < -0.4 is 5.32 Å². The number of hydrogen-bond acceptors (Lipinski definition) is 5. The molecule has 110 valence electrons. The van der Waals surface area contributed by atoms with Gasteiger partial charge >= 0.3 is 0 Å². The molecule has 0 aliphatic heterocycles. The van der Waals surface area contributed by atoms with E-state index in [1.807, 2.05) is 0 Å². The van der Waals surface area contributed by atoms with Crippen LogP contribution in [0.4, 0.5) is 5.13 Å². The van der Waals surface area contributed by atoms with Crippen LogP contribution in [0.15, 0.2) is 5.38 Å². The quantitative estimate of drug-likeness (QED) is 0.862. The normalized spacial score (nSPS) is 15.3. The van der Waals surface area contributed by atoms with Crippen LogP contribution in [0.2, 0.25) is 0 Å². The molecule has 7 heteroatoms. The third-order valence-corrected chi connectivity index (χ3v) is 4.13. The monoisotopic (exact) mass is 297 g/mol. The highest BCUT2D eigenvalue weighted by Crippen LogP contribution is 2.25. The minimum Gasteiger partial charge on any atom is -0.395 e. The molecule has 1 aromatic rings. The topological polar surface area (TPSA) is 82.5 Å². The van der Waals surface area contributed by atoms with Crippen LogP contribution >= 0.6 is 11.3 Å². The first-order chi connectivity index (χ1) is 9.61. The van der Waals surface area contributed by atoms with Gasteiger partial charge in [0.05, 0.1) is 6.61 Å². The van der Waals surface area contributed by atoms with Gasteiger partial charge in [-0.2, -0.15) is 0 Å². The molecule has 6 nitrogen and oxygen atoms in total. The van der Waals surface area contributed by atoms with Crippen LogP contribution in [-0.4, -0.2) is 46.0 Å². The van der Waals surface area contributed by atoms with Gasteiger partial charge in [0, 0.05) is 24.9 Å². The lowest BCUT2D eigenvalue weighted by atomic mass is 10.2. The summed E-state index contributed by atoms with van der Waals surface area (Å²) < 4.78 is 0. The molecule has 20 heavy (non-hydrogen) atoms. The Labute approximate surface area is 121 Å². The summed E-state index contributed by atoms with van der Waals surface area (Å²) in [6.45, 7) is 1.68. The number of nitrogens with zero attached hydrogens (tertiary/aromatic N) is 2. The Bertz CT molecular complexity index is 483. The fraction of sp³-hybridized carbons (Fsp3) is 0.615. The van der Waals surface area contributed by atoms with Gasteiger partial charge in [0.1, 0.15) is 5.69 Å². The van der Waals surface area contributed by atoms with E-state index in [0.29, 0.717) is 17.4 Å². The van der Waals surface area contributed by atoms with Crippen LogP contribution in [0.5, 0.6) is 0 Å². The molecule has 0 saturated heterocycles. The zero-order valence-corrected chi connectivity index (χ0v) is 12.3. The highest BCUT2D eigenvalue weighted by Gasteiger charge is 2.28. The molecule has 0 bridgehead atoms. The van der Waals surface area contributed by atoms with Gasteiger partial charge in [-0.25, -0.2) is 4.98 Å². The molecule has 0 spiro atoms. The number of thiazole rings is 1. The first-order valence-corrected chi connectivity index (χ1v) is 7.64. The second kappa shape index (κ2) is 6.81. The molecule has 1 fully saturated rings. The molecule has 0 aromatic carbocycles. The first kappa shape index (κ1) is 14.9. The highest BCUT2D eigenvalue weighted by molar-refractivity contribution is 7.14. The molecule has 2 rings (SSSR count). The number of carbonyl (C=O) groups excluding carboxylic acids is 2. The van der Waals surface area contributed by atoms with Crippen molar-refractivity contribution in [3.8, 4) is 0 Å². The van der Waals surface area contributed by atoms with E-state index >= 15 is 0 Å². The molecule has 1 aliphatic carbocycles. The molecule has 0 unspecified atom stereocenters. The van der Waals surface area contributed by atoms with Crippen molar-refractivity contribution >= 4 is 28.3 Å². The zero-order valence-electron chi connectivity index (χ0n) is 11.5. The molecule has 1 aromatic heterocycles. The molecule has 0 atom stereocenters. The van der Waals surface area contributed by atoms with E-state index in [4.69, 9.17) is 5.11 Å². The summed E-state index contributed by atoms with van der Waals surface area (Å²) in [5.41, 5.74) is 0.332. The van der Waals surface area contributed by atoms with Gasteiger partial charge in [0.25, 0.3) is 5.91 Å². The number of carbonyl (C=O) groups is 2. The summed E-state index contributed by atoms with van der Waals surface area (Å²) in [6.07, 6.45) is 4.20. The minimum absolute atomic E-state index is 0.0507. The summed E-state index contributed by atoms with van der Waals surface area (Å²) in [5, 5.41) is 13.8. The van der Waals surface area contributed by atoms with Gasteiger partial charge < -0.3 is 15.3 Å². The van der Waals surface area contributed by atoms with Crippen LogP contribution in [0.3, 0.4) is 0 Å². The summed E-state index contributed by atoms with van der Waals surface area (Å²) in [4.78, 5) is 29.3. The average Bonchev–Trinajstić information content (AvgIpc) is 3.05. The van der Waals surface area contributed by atoms with Crippen molar-refractivity contribution in [2.75, 3.05) is 18.5 Å². The maximum Gasteiger partial charge on any atom is 0.273 e. The number of aromatic nitrogens is 1. The van der Waals surface area contributed by atoms with Crippen molar-refractivity contribution in [2.24, 2.45) is 0 Å². The summed E-state index contributed by atoms with van der Waals surface area (Å²) in [7, 11) is 0. The van der Waals surface area contributed by atoms with Crippen molar-refractivity contribution in [3.05, 3.63) is 11.1 Å². The number of amides is 2. The summed E-state index contributed by atoms with van der Waals surface area (Å²) in [5.74, 6) is -0.375. The predicted octanol–water partition coefficient (Wildman–Crippen LogP) is 1.48. The molecular weight excluding hydrogens is 278 g/mol. The number of rotatable bonds is 5. The largest absolute Gasteiger partial charge is 0.395 e. The molecular formula is C13H19N3O3S. The Morgan fingerprint density at radius 3 is 2.80 bits per heavy atom. The standard InChI is InChI=1S/C13H19N3O3S/c1-9(18)14-13-15-11(8-20-13)12(19)16(6-7-17)10-4-2-3-5-10/h8,10,17H,2-7H2,1H3,(H,14,15,18). The fourth-order valence-electron chi connectivity index (χ4n) is 2.50. The van der Waals surface area contributed by atoms with Crippen molar-refractivity contribution in [1.29, 1.82) is 0 Å². The van der Waals surface area contributed by atoms with Gasteiger partial charge in [0.2, 0.25) is 5.91 Å².